The number of ketones is 1. The Morgan fingerprint density at radius 3 is 2.43 bits per heavy atom. The number of nitrogens with two attached hydrogens (primary N) is 1. The Kier molecular flexibility index (Phi) is 11.6. The Labute approximate surface area is 332 Å². The van der Waals surface area contributed by atoms with Gasteiger partial charge in [-0.25, -0.2) is 33.1 Å². The molecule has 2 unspecified atom stereocenters. The quantitative estimate of drug-likeness (QED) is 0.151. The third kappa shape index (κ3) is 8.23. The number of fused-ring (bicyclic) bond motifs is 4. The fourth-order valence-electron chi connectivity index (χ4n) is 6.73. The number of nitrogens with one attached hydrogen (secondary N) is 1. The van der Waals surface area contributed by atoms with Crippen molar-refractivity contribution in [3.8, 4) is 5.75 Å². The van der Waals surface area contributed by atoms with E-state index >= 15 is 8.78 Å². The minimum Gasteiger partial charge on any atom is -0.508 e. The van der Waals surface area contributed by atoms with Crippen LogP contribution in [-0.4, -0.2) is 89.4 Å². The predicted molar refractivity (Wildman–Crippen MR) is 205 cm³/mol. The van der Waals surface area contributed by atoms with Crippen LogP contribution in [-0.2, 0) is 37.9 Å². The summed E-state index contributed by atoms with van der Waals surface area (Å²) in [6.45, 7) is -3.50. The molecule has 2 bridgehead atoms. The summed E-state index contributed by atoms with van der Waals surface area (Å²) in [6.07, 6.45) is -9.45. The molecule has 3 fully saturated rings. The average molecular weight is 862 g/mol. The fourth-order valence-corrected chi connectivity index (χ4v) is 10.8. The Morgan fingerprint density at radius 1 is 0.966 bits per heavy atom. The van der Waals surface area contributed by atoms with E-state index in [2.05, 4.69) is 19.9 Å². The lowest BCUT2D eigenvalue weighted by Crippen LogP contribution is -2.38. The van der Waals surface area contributed by atoms with Crippen LogP contribution in [0, 0.1) is 0 Å². The number of phenols is 1. The summed E-state index contributed by atoms with van der Waals surface area (Å²) < 4.78 is 85.9. The van der Waals surface area contributed by atoms with Gasteiger partial charge in [0.2, 0.25) is 0 Å². The smallest absolute Gasteiger partial charge is 0.390 e. The molecule has 3 aliphatic heterocycles. The van der Waals surface area contributed by atoms with Gasteiger partial charge in [-0.2, -0.15) is 0 Å². The number of aromatic amines is 1. The van der Waals surface area contributed by atoms with Crippen LogP contribution in [0.3, 0.4) is 0 Å². The highest BCUT2D eigenvalue weighted by molar-refractivity contribution is 8.54. The number of anilines is 1. The molecule has 306 valence electrons. The summed E-state index contributed by atoms with van der Waals surface area (Å²) in [6, 6.07) is 13.2. The topological polar surface area (TPSA) is 234 Å². The van der Waals surface area contributed by atoms with Crippen molar-refractivity contribution in [1.82, 2.24) is 29.1 Å². The second kappa shape index (κ2) is 16.7. The van der Waals surface area contributed by atoms with E-state index in [4.69, 9.17) is 33.3 Å². The molecule has 6 heterocycles. The van der Waals surface area contributed by atoms with Gasteiger partial charge < -0.3 is 29.4 Å². The van der Waals surface area contributed by atoms with Gasteiger partial charge in [0.15, 0.2) is 51.1 Å². The Hall–Kier alpha value is -4.43. The first kappa shape index (κ1) is 40.4. The number of phenolic OH excluding ortho intramolecular Hbond substituents is 1. The summed E-state index contributed by atoms with van der Waals surface area (Å²) in [5.41, 5.74) is 5.99. The number of alkyl halides is 2. The molecule has 0 aliphatic carbocycles. The minimum atomic E-state index is -4.54. The van der Waals surface area contributed by atoms with Gasteiger partial charge in [0, 0.05) is 35.6 Å². The predicted octanol–water partition coefficient (Wildman–Crippen LogP) is 4.51. The standard InChI is InChI=1S/C35H35F2N7O11P2S/c1-17-12-22-25(36)30(34(51-22)43-11-10-24(46)42-35(43)48)55-57(49,58-14-18-2-4-19(5-3-18)28(47)20-6-8-21(45)9-7-20)50-13-23-29(54-56-53-17)26(37)33(52-23)44-16-41-27-31(38)39-15-40-32(27)44/h2-11,15-17,22-23,25-26,29-30,33-34,45,56H,12-14H2,1H3,(H2,38,39,40)(H,42,46,48)/t17-,22-,23-,25-,26-,29-,30-,33-,34-,57?/m1/s1. The molecule has 23 heteroatoms. The molecule has 4 N–H and O–H groups in total. The van der Waals surface area contributed by atoms with Crippen LogP contribution in [0.15, 0.2) is 83.0 Å². The zero-order valence-electron chi connectivity index (χ0n) is 30.2. The van der Waals surface area contributed by atoms with E-state index in [9.17, 15) is 24.1 Å². The molecular weight excluding hydrogens is 826 g/mol. The second-order valence-electron chi connectivity index (χ2n) is 13.6. The molecule has 3 aromatic heterocycles. The highest BCUT2D eigenvalue weighted by atomic mass is 32.7. The maximum Gasteiger partial charge on any atom is 0.390 e. The van der Waals surface area contributed by atoms with Crippen LogP contribution in [0.4, 0.5) is 14.6 Å². The molecule has 3 saturated heterocycles. The molecule has 18 nitrogen and oxygen atoms in total. The zero-order chi connectivity index (χ0) is 40.7. The van der Waals surface area contributed by atoms with Gasteiger partial charge in [-0.05, 0) is 48.1 Å². The molecule has 58 heavy (non-hydrogen) atoms. The number of imidazole rings is 1. The van der Waals surface area contributed by atoms with E-state index in [0.29, 0.717) is 28.1 Å². The second-order valence-corrected chi connectivity index (χ2v) is 18.3. The molecule has 0 spiro atoms. The van der Waals surface area contributed by atoms with Gasteiger partial charge in [-0.15, -0.1) is 0 Å². The van der Waals surface area contributed by atoms with Crippen LogP contribution < -0.4 is 17.0 Å². The van der Waals surface area contributed by atoms with Gasteiger partial charge in [0.05, 0.1) is 25.1 Å². The first-order valence-corrected chi connectivity index (χ1v) is 21.7. The maximum absolute atomic E-state index is 16.5. The Bertz CT molecular complexity index is 2460. The summed E-state index contributed by atoms with van der Waals surface area (Å²) >= 11 is 0.678. The number of benzene rings is 2. The number of hydrogen-bond acceptors (Lipinski definition) is 16. The molecule has 0 amide bonds. The number of hydrogen-bond donors (Lipinski definition) is 3. The third-order valence-electron chi connectivity index (χ3n) is 9.70. The largest absolute Gasteiger partial charge is 0.508 e. The van der Waals surface area contributed by atoms with Crippen LogP contribution >= 0.6 is 27.2 Å². The lowest BCUT2D eigenvalue weighted by atomic mass is 10.0. The van der Waals surface area contributed by atoms with Crippen LogP contribution in [0.25, 0.3) is 11.2 Å². The molecular formula is C35H35F2N7O11P2S. The minimum absolute atomic E-state index is 0.0140. The molecule has 0 radical (unpaired) electrons. The molecule has 11 atom stereocenters. The van der Waals surface area contributed by atoms with E-state index < -0.39 is 89.0 Å². The van der Waals surface area contributed by atoms with Gasteiger partial charge in [0.1, 0.15) is 35.9 Å². The van der Waals surface area contributed by atoms with Crippen molar-refractivity contribution in [1.29, 1.82) is 0 Å². The van der Waals surface area contributed by atoms with Crippen LogP contribution in [0.1, 0.15) is 47.3 Å². The zero-order valence-corrected chi connectivity index (χ0v) is 32.9. The number of halogens is 2. The summed E-state index contributed by atoms with van der Waals surface area (Å²) in [7, 11) is -0.758. The number of rotatable bonds is 7. The van der Waals surface area contributed by atoms with Crippen molar-refractivity contribution in [3.05, 3.63) is 111 Å². The molecule has 0 saturated carbocycles. The summed E-state index contributed by atoms with van der Waals surface area (Å²) in [4.78, 5) is 52.3. The van der Waals surface area contributed by atoms with E-state index in [1.807, 2.05) is 0 Å². The Balaban J connectivity index is 1.10. The number of nitrogens with zero attached hydrogens (tertiary/aromatic N) is 5. The lowest BCUT2D eigenvalue weighted by molar-refractivity contribution is -0.0492. The number of carbonyl (C=O) groups excluding carboxylic acids is 1. The Morgan fingerprint density at radius 2 is 1.69 bits per heavy atom. The first-order valence-electron chi connectivity index (χ1n) is 17.8. The molecule has 2 aromatic carbocycles. The maximum atomic E-state index is 16.5. The van der Waals surface area contributed by atoms with Gasteiger partial charge in [-0.1, -0.05) is 24.3 Å². The van der Waals surface area contributed by atoms with E-state index in [0.717, 1.165) is 16.8 Å². The van der Waals surface area contributed by atoms with E-state index in [1.54, 1.807) is 31.2 Å². The highest BCUT2D eigenvalue weighted by Gasteiger charge is 2.53. The highest BCUT2D eigenvalue weighted by Crippen LogP contribution is 2.64. The van der Waals surface area contributed by atoms with Crippen molar-refractivity contribution in [2.75, 3.05) is 12.3 Å². The normalized spacial score (nSPS) is 30.9. The first-order chi connectivity index (χ1) is 27.9. The van der Waals surface area contributed by atoms with Gasteiger partial charge in [-0.3, -0.25) is 32.8 Å². The molecule has 5 aromatic rings. The number of aromatic hydroxyl groups is 1. The van der Waals surface area contributed by atoms with Crippen molar-refractivity contribution in [2.24, 2.45) is 0 Å². The van der Waals surface area contributed by atoms with Gasteiger partial charge >= 0.3 is 12.5 Å². The number of nitrogen functional groups attached to an aromatic ring is 1. The van der Waals surface area contributed by atoms with Crippen molar-refractivity contribution < 1.29 is 50.8 Å². The fraction of sp³-hybridized carbons (Fsp3) is 0.371. The molecule has 8 rings (SSSR count). The summed E-state index contributed by atoms with van der Waals surface area (Å²) in [5, 5.41) is 9.59. The lowest BCUT2D eigenvalue weighted by Gasteiger charge is -2.28. The number of carbonyl (C=O) groups is 1. The number of aromatic nitrogens is 6. The molecule has 3 aliphatic rings. The van der Waals surface area contributed by atoms with E-state index in [-0.39, 0.29) is 40.7 Å². The van der Waals surface area contributed by atoms with Crippen molar-refractivity contribution in [2.45, 2.75) is 74.4 Å². The monoisotopic (exact) mass is 861 g/mol. The number of H-pyrrole nitrogens is 1. The summed E-state index contributed by atoms with van der Waals surface area (Å²) in [5.74, 6) is -0.258. The van der Waals surface area contributed by atoms with Crippen LogP contribution in [0.2, 0.25) is 0 Å². The van der Waals surface area contributed by atoms with Crippen molar-refractivity contribution in [3.63, 3.8) is 0 Å². The van der Waals surface area contributed by atoms with Crippen molar-refractivity contribution >= 4 is 50.0 Å². The SMILES string of the molecule is C[C@@H]1C[C@H]2O[C@@H](n3ccc(=O)[nH]c3=O)[C@H](OP(=O)(SCc3ccc(C(=O)c4ccc(O)cc4)cc3)OC[C@H]3O[C@@H](n4cnc5c(N)ncnc54)[C@H](F)[C@@H]3OPO1)[C@@H]2F. The van der Waals surface area contributed by atoms with Crippen LogP contribution in [0.5, 0.6) is 5.75 Å². The van der Waals surface area contributed by atoms with Gasteiger partial charge in [0.25, 0.3) is 5.56 Å². The number of ether oxygens (including phenoxy) is 2. The average Bonchev–Trinajstić information content (AvgIpc) is 3.86. The van der Waals surface area contributed by atoms with E-state index in [1.165, 1.54) is 41.5 Å². The third-order valence-corrected chi connectivity index (χ3v) is 14.2.